The zero-order chi connectivity index (χ0) is 13.0. The molecule has 1 atom stereocenters. The highest BCUT2D eigenvalue weighted by atomic mass is 16.6. The molecule has 0 radical (unpaired) electrons. The van der Waals surface area contributed by atoms with Crippen molar-refractivity contribution in [2.24, 2.45) is 0 Å². The van der Waals surface area contributed by atoms with Gasteiger partial charge in [0.2, 0.25) is 0 Å². The number of aliphatic carboxylic acids is 1. The van der Waals surface area contributed by atoms with Crippen LogP contribution in [0.4, 0.5) is 0 Å². The molecule has 0 bridgehead atoms. The summed E-state index contributed by atoms with van der Waals surface area (Å²) in [6, 6.07) is 0. The van der Waals surface area contributed by atoms with E-state index in [-0.39, 0.29) is 17.8 Å². The van der Waals surface area contributed by atoms with Gasteiger partial charge in [0.1, 0.15) is 0 Å². The second kappa shape index (κ2) is 5.49. The summed E-state index contributed by atoms with van der Waals surface area (Å²) in [5.41, 5.74) is 0.0538. The minimum atomic E-state index is -1.30. The van der Waals surface area contributed by atoms with E-state index in [2.05, 4.69) is 4.74 Å². The zero-order valence-corrected chi connectivity index (χ0v) is 9.34. The highest BCUT2D eigenvalue weighted by Gasteiger charge is 2.29. The number of cyclic esters (lactones) is 1. The third-order valence-electron chi connectivity index (χ3n) is 2.27. The van der Waals surface area contributed by atoms with Crippen LogP contribution in [0.5, 0.6) is 0 Å². The van der Waals surface area contributed by atoms with Gasteiger partial charge in [0.15, 0.2) is 11.5 Å². The molecule has 1 aliphatic rings. The number of aliphatic hydroxyl groups is 2. The summed E-state index contributed by atoms with van der Waals surface area (Å²) in [4.78, 5) is 21.7. The Morgan fingerprint density at radius 3 is 2.71 bits per heavy atom. The van der Waals surface area contributed by atoms with Crippen molar-refractivity contribution in [3.05, 3.63) is 23.2 Å². The standard InChI is InChI=1S/C11H14O6/c1-6(12)3-2-4-7-10(15)8(5-9(13)14)17-11(7)16/h5-6,12,15H,2-4H2,1H3,(H,13,14)/b8-5-. The van der Waals surface area contributed by atoms with Gasteiger partial charge in [-0.15, -0.1) is 0 Å². The number of hydrogen-bond donors (Lipinski definition) is 3. The van der Waals surface area contributed by atoms with Crippen LogP contribution in [-0.2, 0) is 14.3 Å². The summed E-state index contributed by atoms with van der Waals surface area (Å²) in [5.74, 6) is -2.80. The van der Waals surface area contributed by atoms with Crippen LogP contribution >= 0.6 is 0 Å². The van der Waals surface area contributed by atoms with Gasteiger partial charge >= 0.3 is 11.9 Å². The van der Waals surface area contributed by atoms with E-state index in [0.717, 1.165) is 0 Å². The molecular weight excluding hydrogens is 228 g/mol. The highest BCUT2D eigenvalue weighted by Crippen LogP contribution is 2.27. The van der Waals surface area contributed by atoms with Crippen LogP contribution in [0.2, 0.25) is 0 Å². The Labute approximate surface area is 97.8 Å². The molecule has 6 heteroatoms. The second-order valence-corrected chi connectivity index (χ2v) is 3.80. The van der Waals surface area contributed by atoms with Crippen LogP contribution in [0, 0.1) is 0 Å². The molecule has 0 saturated carbocycles. The first-order valence-electron chi connectivity index (χ1n) is 5.19. The second-order valence-electron chi connectivity index (χ2n) is 3.80. The van der Waals surface area contributed by atoms with Crippen molar-refractivity contribution in [3.8, 4) is 0 Å². The summed E-state index contributed by atoms with van der Waals surface area (Å²) < 4.78 is 4.61. The smallest absolute Gasteiger partial charge is 0.343 e. The number of aliphatic hydroxyl groups excluding tert-OH is 2. The van der Waals surface area contributed by atoms with Gasteiger partial charge in [0.05, 0.1) is 17.8 Å². The molecule has 0 amide bonds. The van der Waals surface area contributed by atoms with Gasteiger partial charge in [0.25, 0.3) is 0 Å². The van der Waals surface area contributed by atoms with Crippen LogP contribution < -0.4 is 0 Å². The lowest BCUT2D eigenvalue weighted by Gasteiger charge is -2.02. The van der Waals surface area contributed by atoms with E-state index < -0.39 is 23.8 Å². The summed E-state index contributed by atoms with van der Waals surface area (Å²) in [6.45, 7) is 1.62. The van der Waals surface area contributed by atoms with E-state index in [9.17, 15) is 14.7 Å². The number of carbonyl (C=O) groups excluding carboxylic acids is 1. The number of esters is 1. The Morgan fingerprint density at radius 2 is 2.18 bits per heavy atom. The van der Waals surface area contributed by atoms with Crippen molar-refractivity contribution in [3.63, 3.8) is 0 Å². The average Bonchev–Trinajstić information content (AvgIpc) is 2.44. The molecule has 1 aliphatic heterocycles. The minimum Gasteiger partial charge on any atom is -0.504 e. The predicted molar refractivity (Wildman–Crippen MR) is 57.0 cm³/mol. The molecule has 0 aromatic carbocycles. The molecule has 0 fully saturated rings. The summed E-state index contributed by atoms with van der Waals surface area (Å²) in [5, 5.41) is 27.1. The first-order chi connectivity index (χ1) is 7.91. The fraction of sp³-hybridized carbons (Fsp3) is 0.455. The van der Waals surface area contributed by atoms with Crippen molar-refractivity contribution >= 4 is 11.9 Å². The maximum Gasteiger partial charge on any atom is 0.343 e. The fourth-order valence-electron chi connectivity index (χ4n) is 1.46. The SMILES string of the molecule is CC(O)CCCC1=C(O)/C(=C/C(=O)O)OC1=O. The zero-order valence-electron chi connectivity index (χ0n) is 9.34. The lowest BCUT2D eigenvalue weighted by Crippen LogP contribution is -2.03. The van der Waals surface area contributed by atoms with Crippen LogP contribution in [0.1, 0.15) is 26.2 Å². The van der Waals surface area contributed by atoms with Crippen LogP contribution in [0.3, 0.4) is 0 Å². The van der Waals surface area contributed by atoms with E-state index in [1.807, 2.05) is 0 Å². The lowest BCUT2D eigenvalue weighted by molar-refractivity contribution is -0.133. The van der Waals surface area contributed by atoms with Gasteiger partial charge < -0.3 is 20.1 Å². The number of rotatable bonds is 5. The Hall–Kier alpha value is -1.82. The molecule has 0 aromatic heterocycles. The van der Waals surface area contributed by atoms with Crippen molar-refractivity contribution in [2.45, 2.75) is 32.3 Å². The van der Waals surface area contributed by atoms with Crippen LogP contribution in [0.15, 0.2) is 23.2 Å². The molecule has 17 heavy (non-hydrogen) atoms. The monoisotopic (exact) mass is 242 g/mol. The summed E-state index contributed by atoms with van der Waals surface area (Å²) in [7, 11) is 0. The van der Waals surface area contributed by atoms with Gasteiger partial charge in [-0.1, -0.05) is 0 Å². The number of ether oxygens (including phenoxy) is 1. The number of carbonyl (C=O) groups is 2. The van der Waals surface area contributed by atoms with Crippen molar-refractivity contribution in [1.82, 2.24) is 0 Å². The van der Waals surface area contributed by atoms with E-state index in [1.165, 1.54) is 0 Å². The van der Waals surface area contributed by atoms with E-state index in [1.54, 1.807) is 6.92 Å². The number of hydrogen-bond acceptors (Lipinski definition) is 5. The molecular formula is C11H14O6. The molecule has 0 saturated heterocycles. The quantitative estimate of drug-likeness (QED) is 0.488. The number of carboxylic acids is 1. The maximum absolute atomic E-state index is 11.3. The Balaban J connectivity index is 2.72. The molecule has 1 heterocycles. The Morgan fingerprint density at radius 1 is 1.53 bits per heavy atom. The van der Waals surface area contributed by atoms with Gasteiger partial charge in [-0.2, -0.15) is 0 Å². The van der Waals surface area contributed by atoms with Crippen molar-refractivity contribution in [1.29, 1.82) is 0 Å². The first kappa shape index (κ1) is 13.2. The molecule has 3 N–H and O–H groups in total. The van der Waals surface area contributed by atoms with Gasteiger partial charge in [0, 0.05) is 0 Å². The normalized spacial score (nSPS) is 19.6. The van der Waals surface area contributed by atoms with E-state index >= 15 is 0 Å². The molecule has 1 unspecified atom stereocenters. The first-order valence-corrected chi connectivity index (χ1v) is 5.19. The largest absolute Gasteiger partial charge is 0.504 e. The van der Waals surface area contributed by atoms with Crippen molar-refractivity contribution < 1.29 is 29.6 Å². The third-order valence-corrected chi connectivity index (χ3v) is 2.27. The average molecular weight is 242 g/mol. The van der Waals surface area contributed by atoms with E-state index in [4.69, 9.17) is 10.2 Å². The fourth-order valence-corrected chi connectivity index (χ4v) is 1.46. The van der Waals surface area contributed by atoms with Gasteiger partial charge in [-0.25, -0.2) is 9.59 Å². The summed E-state index contributed by atoms with van der Waals surface area (Å²) in [6.07, 6.45) is 1.39. The summed E-state index contributed by atoms with van der Waals surface area (Å²) >= 11 is 0. The highest BCUT2D eigenvalue weighted by molar-refractivity contribution is 5.95. The number of carboxylic acid groups (broad SMARTS) is 1. The van der Waals surface area contributed by atoms with Gasteiger partial charge in [-0.05, 0) is 26.2 Å². The molecule has 0 aliphatic carbocycles. The van der Waals surface area contributed by atoms with Crippen LogP contribution in [-0.4, -0.2) is 33.4 Å². The molecule has 94 valence electrons. The minimum absolute atomic E-state index is 0.0538. The predicted octanol–water partition coefficient (Wildman–Crippen LogP) is 0.875. The maximum atomic E-state index is 11.3. The van der Waals surface area contributed by atoms with Crippen molar-refractivity contribution in [2.75, 3.05) is 0 Å². The van der Waals surface area contributed by atoms with E-state index in [0.29, 0.717) is 18.9 Å². The topological polar surface area (TPSA) is 104 Å². The third kappa shape index (κ3) is 3.60. The molecule has 0 aromatic rings. The van der Waals surface area contributed by atoms with Crippen LogP contribution in [0.25, 0.3) is 0 Å². The molecule has 0 spiro atoms. The molecule has 6 nitrogen and oxygen atoms in total. The van der Waals surface area contributed by atoms with Gasteiger partial charge in [-0.3, -0.25) is 0 Å². The Kier molecular flexibility index (Phi) is 4.28. The Bertz CT molecular complexity index is 391. The molecule has 1 rings (SSSR count). The lowest BCUT2D eigenvalue weighted by atomic mass is 10.1.